The van der Waals surface area contributed by atoms with E-state index in [-0.39, 0.29) is 10.7 Å². The summed E-state index contributed by atoms with van der Waals surface area (Å²) in [6.07, 6.45) is 1.16. The molecule has 0 unspecified atom stereocenters. The fraction of sp³-hybridized carbons (Fsp3) is 0.0455. The van der Waals surface area contributed by atoms with E-state index in [4.69, 9.17) is 16.6 Å². The fourth-order valence-corrected chi connectivity index (χ4v) is 4.09. The maximum Gasteiger partial charge on any atom is 0.175 e. The molecule has 0 bridgehead atoms. The molecule has 0 aliphatic carbocycles. The third-order valence-electron chi connectivity index (χ3n) is 4.48. The zero-order valence-corrected chi connectivity index (χ0v) is 16.5. The Bertz CT molecular complexity index is 1340. The lowest BCUT2D eigenvalue weighted by molar-refractivity contribution is 0.601. The summed E-state index contributed by atoms with van der Waals surface area (Å²) in [4.78, 5) is 0.221. The highest BCUT2D eigenvalue weighted by Crippen LogP contribution is 2.37. The Morgan fingerprint density at radius 2 is 1.46 bits per heavy atom. The molecule has 6 heteroatoms. The first-order chi connectivity index (χ1) is 13.3. The summed E-state index contributed by atoms with van der Waals surface area (Å²) in [5.74, 6) is 0.168. The Morgan fingerprint density at radius 1 is 0.857 bits per heavy atom. The van der Waals surface area contributed by atoms with Crippen LogP contribution in [-0.4, -0.2) is 14.7 Å². The van der Waals surface area contributed by atoms with Gasteiger partial charge in [0.2, 0.25) is 0 Å². The van der Waals surface area contributed by atoms with Crippen LogP contribution in [0.1, 0.15) is 0 Å². The van der Waals surface area contributed by atoms with Crippen molar-refractivity contribution in [2.75, 3.05) is 6.26 Å². The van der Waals surface area contributed by atoms with Crippen LogP contribution in [0.15, 0.2) is 82.1 Å². The molecule has 3 aromatic carbocycles. The minimum atomic E-state index is -3.30. The monoisotopic (exact) mass is 410 g/mol. The van der Waals surface area contributed by atoms with Gasteiger partial charge in [-0.2, -0.15) is 0 Å². The van der Waals surface area contributed by atoms with E-state index >= 15 is 0 Å². The molecule has 0 fully saturated rings. The van der Waals surface area contributed by atoms with E-state index in [1.807, 2.05) is 24.3 Å². The number of rotatable bonds is 3. The molecule has 0 atom stereocenters. The molecule has 3 nitrogen and oxygen atoms in total. The molecule has 28 heavy (non-hydrogen) atoms. The second-order valence-electron chi connectivity index (χ2n) is 6.43. The number of hydrogen-bond donors (Lipinski definition) is 0. The first-order valence-electron chi connectivity index (χ1n) is 8.47. The minimum absolute atomic E-state index is 0.221. The molecular formula is C22H15FO3S2. The lowest BCUT2D eigenvalue weighted by atomic mass is 9.99. The van der Waals surface area contributed by atoms with E-state index in [0.29, 0.717) is 27.0 Å². The second-order valence-corrected chi connectivity index (χ2v) is 8.86. The largest absolute Gasteiger partial charge is 0.455 e. The molecular weight excluding hydrogens is 395 g/mol. The van der Waals surface area contributed by atoms with Gasteiger partial charge in [0.05, 0.1) is 9.41 Å². The smallest absolute Gasteiger partial charge is 0.175 e. The lowest BCUT2D eigenvalue weighted by Crippen LogP contribution is -1.96. The predicted molar refractivity (Wildman–Crippen MR) is 111 cm³/mol. The van der Waals surface area contributed by atoms with Gasteiger partial charge in [0, 0.05) is 22.8 Å². The van der Waals surface area contributed by atoms with Crippen molar-refractivity contribution in [3.63, 3.8) is 0 Å². The van der Waals surface area contributed by atoms with E-state index in [2.05, 4.69) is 0 Å². The van der Waals surface area contributed by atoms with Crippen molar-refractivity contribution >= 4 is 33.0 Å². The average Bonchev–Trinajstić information content (AvgIpc) is 2.68. The highest BCUT2D eigenvalue weighted by molar-refractivity contribution is 7.90. The van der Waals surface area contributed by atoms with E-state index in [0.717, 1.165) is 17.2 Å². The van der Waals surface area contributed by atoms with E-state index in [1.165, 1.54) is 24.3 Å². The molecule has 0 amide bonds. The van der Waals surface area contributed by atoms with Gasteiger partial charge in [0.25, 0.3) is 0 Å². The van der Waals surface area contributed by atoms with Crippen molar-refractivity contribution < 1.29 is 17.2 Å². The third kappa shape index (κ3) is 3.37. The fourth-order valence-electron chi connectivity index (χ4n) is 3.08. The van der Waals surface area contributed by atoms with Crippen molar-refractivity contribution in [1.29, 1.82) is 0 Å². The SMILES string of the molecule is CS(=O)(=O)c1ccc(-c2oc3ccccc3c(=S)c2-c2ccc(F)cc2)cc1. The Morgan fingerprint density at radius 3 is 2.11 bits per heavy atom. The van der Waals surface area contributed by atoms with Crippen LogP contribution >= 0.6 is 12.2 Å². The summed E-state index contributed by atoms with van der Waals surface area (Å²) < 4.78 is 43.7. The van der Waals surface area contributed by atoms with Gasteiger partial charge in [-0.1, -0.05) is 36.5 Å². The van der Waals surface area contributed by atoms with E-state index < -0.39 is 9.84 Å². The Balaban J connectivity index is 2.03. The molecule has 0 spiro atoms. The standard InChI is InChI=1S/C22H15FO3S2/c1-28(24,25)17-12-8-15(9-13-17)21-20(14-6-10-16(23)11-7-14)22(27)18-4-2-3-5-19(18)26-21/h2-13H,1H3. The van der Waals surface area contributed by atoms with Crippen LogP contribution in [0.3, 0.4) is 0 Å². The van der Waals surface area contributed by atoms with Gasteiger partial charge in [-0.25, -0.2) is 12.8 Å². The Kier molecular flexibility index (Phi) is 4.61. The van der Waals surface area contributed by atoms with Crippen molar-refractivity contribution in [2.24, 2.45) is 0 Å². The molecule has 0 N–H and O–H groups in total. The molecule has 0 saturated carbocycles. The molecule has 4 aromatic rings. The van der Waals surface area contributed by atoms with Crippen molar-refractivity contribution in [3.8, 4) is 22.5 Å². The van der Waals surface area contributed by atoms with Crippen molar-refractivity contribution in [3.05, 3.63) is 83.1 Å². The first kappa shape index (κ1) is 18.5. The van der Waals surface area contributed by atoms with Gasteiger partial charge in [0.15, 0.2) is 9.84 Å². The summed E-state index contributed by atoms with van der Waals surface area (Å²) in [5.41, 5.74) is 2.70. The topological polar surface area (TPSA) is 47.3 Å². The second kappa shape index (κ2) is 6.96. The van der Waals surface area contributed by atoms with E-state index in [1.54, 1.807) is 24.3 Å². The zero-order chi connectivity index (χ0) is 19.9. The number of halogens is 1. The summed E-state index contributed by atoms with van der Waals surface area (Å²) >= 11 is 5.73. The van der Waals surface area contributed by atoms with Gasteiger partial charge in [-0.3, -0.25) is 0 Å². The highest BCUT2D eigenvalue weighted by Gasteiger charge is 2.16. The first-order valence-corrected chi connectivity index (χ1v) is 10.8. The number of benzene rings is 3. The van der Waals surface area contributed by atoms with Crippen LogP contribution in [-0.2, 0) is 9.84 Å². The van der Waals surface area contributed by atoms with Gasteiger partial charge < -0.3 is 4.42 Å². The van der Waals surface area contributed by atoms with Gasteiger partial charge in [0.1, 0.15) is 17.2 Å². The number of hydrogen-bond acceptors (Lipinski definition) is 4. The van der Waals surface area contributed by atoms with Crippen LogP contribution in [0.5, 0.6) is 0 Å². The van der Waals surface area contributed by atoms with Crippen molar-refractivity contribution in [2.45, 2.75) is 4.90 Å². The Labute approximate surface area is 167 Å². The summed E-state index contributed by atoms with van der Waals surface area (Å²) in [6, 6.07) is 19.9. The normalized spacial score (nSPS) is 11.6. The molecule has 0 saturated heterocycles. The number of fused-ring (bicyclic) bond motifs is 1. The number of para-hydroxylation sites is 1. The van der Waals surface area contributed by atoms with Crippen LogP contribution in [0.2, 0.25) is 0 Å². The molecule has 0 radical (unpaired) electrons. The third-order valence-corrected chi connectivity index (χ3v) is 6.03. The quantitative estimate of drug-likeness (QED) is 0.386. The van der Waals surface area contributed by atoms with Crippen LogP contribution in [0.4, 0.5) is 4.39 Å². The maximum atomic E-state index is 13.4. The Hall–Kier alpha value is -2.83. The van der Waals surface area contributed by atoms with Crippen LogP contribution in [0, 0.1) is 10.3 Å². The summed E-state index contributed by atoms with van der Waals surface area (Å²) in [6.45, 7) is 0. The molecule has 0 aliphatic rings. The molecule has 1 aromatic heterocycles. The van der Waals surface area contributed by atoms with Crippen molar-refractivity contribution in [1.82, 2.24) is 0 Å². The van der Waals surface area contributed by atoms with Gasteiger partial charge in [-0.15, -0.1) is 0 Å². The zero-order valence-electron chi connectivity index (χ0n) is 14.8. The molecule has 140 valence electrons. The van der Waals surface area contributed by atoms with E-state index in [9.17, 15) is 12.8 Å². The van der Waals surface area contributed by atoms with Crippen LogP contribution in [0.25, 0.3) is 33.4 Å². The van der Waals surface area contributed by atoms with Gasteiger partial charge >= 0.3 is 0 Å². The molecule has 1 heterocycles. The highest BCUT2D eigenvalue weighted by atomic mass is 32.2. The lowest BCUT2D eigenvalue weighted by Gasteiger charge is -2.12. The predicted octanol–water partition coefficient (Wildman–Crippen LogP) is 6.04. The summed E-state index contributed by atoms with van der Waals surface area (Å²) in [5, 5.41) is 0.785. The minimum Gasteiger partial charge on any atom is -0.455 e. The molecule has 0 aliphatic heterocycles. The van der Waals surface area contributed by atoms with Crippen LogP contribution < -0.4 is 0 Å². The number of sulfone groups is 1. The maximum absolute atomic E-state index is 13.4. The summed E-state index contributed by atoms with van der Waals surface area (Å²) in [7, 11) is -3.30. The van der Waals surface area contributed by atoms with Gasteiger partial charge in [-0.05, 0) is 54.1 Å². The average molecular weight is 410 g/mol. The molecule has 4 rings (SSSR count).